The van der Waals surface area contributed by atoms with Crippen LogP contribution in [-0.4, -0.2) is 18.0 Å². The molecule has 1 aromatic rings. The molecule has 0 amide bonds. The van der Waals surface area contributed by atoms with Gasteiger partial charge >= 0.3 is 5.97 Å². The van der Waals surface area contributed by atoms with Crippen LogP contribution in [0, 0.1) is 27.4 Å². The number of benzene rings is 1. The van der Waals surface area contributed by atoms with Crippen LogP contribution in [0.2, 0.25) is 0 Å². The van der Waals surface area contributed by atoms with Crippen molar-refractivity contribution in [2.45, 2.75) is 32.1 Å². The number of anilines is 1. The standard InChI is InChI=1S/C8H14O2.C7H5N3O2/c1-10-8(9)7-5-3-2-4-6-7;8-4-5-1-2-6(9)7(3-5)10(11)12/h7H,2-6H2,1H3;1-3H,9H2. The zero-order chi connectivity index (χ0) is 16.5. The van der Waals surface area contributed by atoms with Gasteiger partial charge in [-0.25, -0.2) is 0 Å². The summed E-state index contributed by atoms with van der Waals surface area (Å²) in [5.41, 5.74) is 5.37. The van der Waals surface area contributed by atoms with E-state index in [-0.39, 0.29) is 28.8 Å². The first-order valence-electron chi connectivity index (χ1n) is 7.01. The molecule has 0 spiro atoms. The Bertz CT molecular complexity index is 575. The highest BCUT2D eigenvalue weighted by Crippen LogP contribution is 2.24. The molecule has 118 valence electrons. The Hall–Kier alpha value is -2.62. The monoisotopic (exact) mass is 305 g/mol. The summed E-state index contributed by atoms with van der Waals surface area (Å²) in [7, 11) is 1.47. The van der Waals surface area contributed by atoms with Crippen LogP contribution in [0.4, 0.5) is 11.4 Å². The molecule has 1 aliphatic carbocycles. The maximum atomic E-state index is 10.9. The molecule has 0 atom stereocenters. The van der Waals surface area contributed by atoms with Crippen molar-refractivity contribution in [2.75, 3.05) is 12.8 Å². The number of hydrogen-bond acceptors (Lipinski definition) is 6. The maximum Gasteiger partial charge on any atom is 0.308 e. The molecule has 0 aliphatic heterocycles. The van der Waals surface area contributed by atoms with Gasteiger partial charge in [0.05, 0.1) is 29.6 Å². The average Bonchev–Trinajstić information content (AvgIpc) is 2.55. The van der Waals surface area contributed by atoms with Gasteiger partial charge in [0, 0.05) is 6.07 Å². The summed E-state index contributed by atoms with van der Waals surface area (Å²) in [6.07, 6.45) is 5.74. The van der Waals surface area contributed by atoms with Gasteiger partial charge in [0.25, 0.3) is 5.69 Å². The molecule has 7 nitrogen and oxygen atoms in total. The lowest BCUT2D eigenvalue weighted by molar-refractivity contribution is -0.383. The SMILES string of the molecule is COC(=O)C1CCCCC1.N#Cc1ccc(N)c([N+](=O)[O-])c1. The van der Waals surface area contributed by atoms with Crippen molar-refractivity contribution in [2.24, 2.45) is 5.92 Å². The first-order valence-corrected chi connectivity index (χ1v) is 7.01. The molecular formula is C15H19N3O4. The molecule has 1 aliphatic rings. The van der Waals surface area contributed by atoms with Crippen LogP contribution >= 0.6 is 0 Å². The van der Waals surface area contributed by atoms with Crippen LogP contribution in [0.5, 0.6) is 0 Å². The highest BCUT2D eigenvalue weighted by atomic mass is 16.6. The van der Waals surface area contributed by atoms with Gasteiger partial charge in [-0.15, -0.1) is 0 Å². The minimum atomic E-state index is -0.615. The molecule has 1 fully saturated rings. The van der Waals surface area contributed by atoms with Crippen molar-refractivity contribution in [1.29, 1.82) is 5.26 Å². The van der Waals surface area contributed by atoms with Gasteiger partial charge < -0.3 is 10.5 Å². The Morgan fingerprint density at radius 3 is 2.55 bits per heavy atom. The second kappa shape index (κ2) is 8.62. The third-order valence-corrected chi connectivity index (χ3v) is 3.50. The van der Waals surface area contributed by atoms with E-state index in [2.05, 4.69) is 4.74 Å². The number of nitro benzene ring substituents is 1. The topological polar surface area (TPSA) is 119 Å². The molecule has 22 heavy (non-hydrogen) atoms. The van der Waals surface area contributed by atoms with E-state index in [1.807, 2.05) is 0 Å². The lowest BCUT2D eigenvalue weighted by Crippen LogP contribution is -2.18. The van der Waals surface area contributed by atoms with E-state index in [9.17, 15) is 14.9 Å². The molecule has 0 bridgehead atoms. The fourth-order valence-corrected chi connectivity index (χ4v) is 2.28. The number of nitrogen functional groups attached to an aromatic ring is 1. The van der Waals surface area contributed by atoms with Crippen molar-refractivity contribution in [3.63, 3.8) is 0 Å². The van der Waals surface area contributed by atoms with Gasteiger partial charge in [-0.3, -0.25) is 14.9 Å². The molecule has 2 rings (SSSR count). The largest absolute Gasteiger partial charge is 0.469 e. The van der Waals surface area contributed by atoms with Crippen molar-refractivity contribution < 1.29 is 14.5 Å². The summed E-state index contributed by atoms with van der Waals surface area (Å²) < 4.78 is 4.65. The van der Waals surface area contributed by atoms with Gasteiger partial charge in [0.15, 0.2) is 0 Å². The van der Waals surface area contributed by atoms with Crippen molar-refractivity contribution in [3.8, 4) is 6.07 Å². The van der Waals surface area contributed by atoms with Gasteiger partial charge in [-0.2, -0.15) is 5.26 Å². The van der Waals surface area contributed by atoms with Crippen LogP contribution in [0.1, 0.15) is 37.7 Å². The number of nitriles is 1. The number of nitro groups is 1. The number of nitrogens with two attached hydrogens (primary N) is 1. The molecule has 0 saturated heterocycles. The van der Waals surface area contributed by atoms with Crippen LogP contribution in [-0.2, 0) is 9.53 Å². The number of rotatable bonds is 2. The Kier molecular flexibility index (Phi) is 6.83. The number of hydrogen-bond donors (Lipinski definition) is 1. The maximum absolute atomic E-state index is 10.9. The fraction of sp³-hybridized carbons (Fsp3) is 0.467. The van der Waals surface area contributed by atoms with Crippen molar-refractivity contribution in [3.05, 3.63) is 33.9 Å². The van der Waals surface area contributed by atoms with E-state index < -0.39 is 4.92 Å². The molecular weight excluding hydrogens is 286 g/mol. The zero-order valence-corrected chi connectivity index (χ0v) is 12.4. The molecule has 1 saturated carbocycles. The first kappa shape index (κ1) is 17.4. The fourth-order valence-electron chi connectivity index (χ4n) is 2.28. The Morgan fingerprint density at radius 2 is 2.05 bits per heavy atom. The quantitative estimate of drug-likeness (QED) is 0.388. The Labute approximate surface area is 128 Å². The van der Waals surface area contributed by atoms with Gasteiger partial charge in [0.1, 0.15) is 5.69 Å². The van der Waals surface area contributed by atoms with Gasteiger partial charge in [0.2, 0.25) is 0 Å². The number of methoxy groups -OCH3 is 1. The van der Waals surface area contributed by atoms with E-state index in [1.165, 1.54) is 38.5 Å². The molecule has 7 heteroatoms. The van der Waals surface area contributed by atoms with E-state index >= 15 is 0 Å². The average molecular weight is 305 g/mol. The summed E-state index contributed by atoms with van der Waals surface area (Å²) >= 11 is 0. The Morgan fingerprint density at radius 1 is 1.41 bits per heavy atom. The number of ether oxygens (including phenoxy) is 1. The van der Waals surface area contributed by atoms with Crippen LogP contribution in [0.25, 0.3) is 0 Å². The molecule has 0 aromatic heterocycles. The highest BCUT2D eigenvalue weighted by Gasteiger charge is 2.20. The van der Waals surface area contributed by atoms with E-state index in [0.29, 0.717) is 0 Å². The van der Waals surface area contributed by atoms with Gasteiger partial charge in [-0.05, 0) is 25.0 Å². The van der Waals surface area contributed by atoms with E-state index in [1.54, 1.807) is 6.07 Å². The molecule has 0 radical (unpaired) electrons. The second-order valence-corrected chi connectivity index (χ2v) is 5.00. The number of carbonyl (C=O) groups excluding carboxylic acids is 1. The summed E-state index contributed by atoms with van der Waals surface area (Å²) in [5, 5.41) is 18.7. The predicted molar refractivity (Wildman–Crippen MR) is 80.8 cm³/mol. The normalized spacial score (nSPS) is 14.2. The minimum Gasteiger partial charge on any atom is -0.469 e. The molecule has 1 aromatic carbocycles. The van der Waals surface area contributed by atoms with Crippen LogP contribution in [0.15, 0.2) is 18.2 Å². The van der Waals surface area contributed by atoms with Crippen LogP contribution < -0.4 is 5.73 Å². The lowest BCUT2D eigenvalue weighted by atomic mass is 9.89. The van der Waals surface area contributed by atoms with Crippen molar-refractivity contribution in [1.82, 2.24) is 0 Å². The van der Waals surface area contributed by atoms with E-state index in [0.717, 1.165) is 18.9 Å². The number of carbonyl (C=O) groups is 1. The predicted octanol–water partition coefficient (Wildman–Crippen LogP) is 2.79. The summed E-state index contributed by atoms with van der Waals surface area (Å²) in [6.45, 7) is 0. The number of nitrogens with zero attached hydrogens (tertiary/aromatic N) is 2. The zero-order valence-electron chi connectivity index (χ0n) is 12.4. The van der Waals surface area contributed by atoms with Crippen LogP contribution in [0.3, 0.4) is 0 Å². The summed E-state index contributed by atoms with van der Waals surface area (Å²) in [4.78, 5) is 20.6. The summed E-state index contributed by atoms with van der Waals surface area (Å²) in [5.74, 6) is 0.193. The van der Waals surface area contributed by atoms with E-state index in [4.69, 9.17) is 11.0 Å². The van der Waals surface area contributed by atoms with Crippen molar-refractivity contribution >= 4 is 17.3 Å². The second-order valence-electron chi connectivity index (χ2n) is 5.00. The first-order chi connectivity index (χ1) is 10.5. The molecule has 2 N–H and O–H groups in total. The lowest BCUT2D eigenvalue weighted by Gasteiger charge is -2.18. The minimum absolute atomic E-state index is 0.0142. The smallest absolute Gasteiger partial charge is 0.308 e. The summed E-state index contributed by atoms with van der Waals surface area (Å²) in [6, 6.07) is 5.71. The highest BCUT2D eigenvalue weighted by molar-refractivity contribution is 5.72. The third kappa shape index (κ3) is 5.05. The molecule has 0 heterocycles. The van der Waals surface area contributed by atoms with Gasteiger partial charge in [-0.1, -0.05) is 19.3 Å². The molecule has 0 unspecified atom stereocenters. The number of esters is 1. The Balaban J connectivity index is 0.000000224. The third-order valence-electron chi connectivity index (χ3n) is 3.50.